The summed E-state index contributed by atoms with van der Waals surface area (Å²) in [6.45, 7) is 27.9. The van der Waals surface area contributed by atoms with E-state index in [1.807, 2.05) is 0 Å². The zero-order valence-corrected chi connectivity index (χ0v) is 20.4. The lowest BCUT2D eigenvalue weighted by Crippen LogP contribution is -2.55. The highest BCUT2D eigenvalue weighted by Gasteiger charge is 2.39. The minimum Gasteiger partial charge on any atom is -0.361 e. The van der Waals surface area contributed by atoms with Crippen LogP contribution in [-0.4, -0.2) is 21.0 Å². The van der Waals surface area contributed by atoms with Crippen molar-refractivity contribution in [1.29, 1.82) is 0 Å². The van der Waals surface area contributed by atoms with Crippen molar-refractivity contribution in [3.05, 3.63) is 30.2 Å². The largest absolute Gasteiger partial charge is 0.361 e. The molecule has 0 spiro atoms. The zero-order valence-electron chi connectivity index (χ0n) is 20.4. The average molecular weight is 386 g/mol. The predicted octanol–water partition coefficient (Wildman–Crippen LogP) is 7.09. The monoisotopic (exact) mass is 385 g/mol. The van der Waals surface area contributed by atoms with Crippen LogP contribution < -0.4 is 4.90 Å². The predicted molar refractivity (Wildman–Crippen MR) is 123 cm³/mol. The smallest absolute Gasteiger partial charge is 0.136 e. The van der Waals surface area contributed by atoms with Crippen LogP contribution in [-0.2, 0) is 5.41 Å². The van der Waals surface area contributed by atoms with E-state index in [-0.39, 0.29) is 21.8 Å². The van der Waals surface area contributed by atoms with Crippen LogP contribution in [0.4, 0.5) is 5.69 Å². The lowest BCUT2D eigenvalue weighted by Gasteiger charge is -2.50. The Balaban J connectivity index is 2.68. The van der Waals surface area contributed by atoms with Gasteiger partial charge in [-0.3, -0.25) is 0 Å². The fraction of sp³-hybridized carbons (Fsp3) is 0.720. The van der Waals surface area contributed by atoms with Gasteiger partial charge < -0.3 is 9.30 Å². The number of fused-ring (bicyclic) bond motifs is 1. The van der Waals surface area contributed by atoms with Gasteiger partial charge in [-0.2, -0.15) is 0 Å². The molecule has 0 N–H and O–H groups in total. The van der Waals surface area contributed by atoms with E-state index in [2.05, 4.69) is 117 Å². The number of rotatable bonds is 3. The summed E-state index contributed by atoms with van der Waals surface area (Å²) in [6, 6.07) is 4.74. The maximum Gasteiger partial charge on any atom is 0.136 e. The van der Waals surface area contributed by atoms with Gasteiger partial charge in [0.15, 0.2) is 0 Å². The fourth-order valence-corrected chi connectivity index (χ4v) is 4.11. The molecule has 2 rings (SSSR count). The topological polar surface area (TPSA) is 20.5 Å². The van der Waals surface area contributed by atoms with Gasteiger partial charge in [-0.1, -0.05) is 62.3 Å². The third kappa shape index (κ3) is 5.10. The van der Waals surface area contributed by atoms with Gasteiger partial charge in [0.05, 0.1) is 11.9 Å². The second-order valence-corrected chi connectivity index (χ2v) is 12.7. The molecule has 158 valence electrons. The summed E-state index contributed by atoms with van der Waals surface area (Å²) in [5, 5.41) is 0. The van der Waals surface area contributed by atoms with Gasteiger partial charge in [0.2, 0.25) is 0 Å². The Bertz CT molecular complexity index is 801. The van der Waals surface area contributed by atoms with E-state index < -0.39 is 0 Å². The van der Waals surface area contributed by atoms with Crippen LogP contribution >= 0.6 is 0 Å². The highest BCUT2D eigenvalue weighted by molar-refractivity contribution is 5.54. The summed E-state index contributed by atoms with van der Waals surface area (Å²) >= 11 is 0. The molecular formula is C25H43N3. The van der Waals surface area contributed by atoms with Crippen LogP contribution in [0.15, 0.2) is 24.5 Å². The van der Waals surface area contributed by atoms with Crippen LogP contribution in [0.25, 0.3) is 5.65 Å². The van der Waals surface area contributed by atoms with Crippen molar-refractivity contribution in [1.82, 2.24) is 9.38 Å². The van der Waals surface area contributed by atoms with Crippen LogP contribution in [0.3, 0.4) is 0 Å². The molecule has 3 nitrogen and oxygen atoms in total. The van der Waals surface area contributed by atoms with Gasteiger partial charge in [-0.05, 0) is 50.2 Å². The maximum absolute atomic E-state index is 4.83. The zero-order chi connectivity index (χ0) is 21.7. The Morgan fingerprint density at radius 1 is 0.893 bits per heavy atom. The molecule has 2 heterocycles. The average Bonchev–Trinajstić information content (AvgIpc) is 2.85. The molecule has 1 unspecified atom stereocenters. The van der Waals surface area contributed by atoms with Crippen molar-refractivity contribution in [2.75, 3.05) is 4.90 Å². The molecule has 1 atom stereocenters. The Labute approximate surface area is 173 Å². The molecule has 3 heteroatoms. The first-order valence-electron chi connectivity index (χ1n) is 10.7. The standard InChI is InChI=1S/C25H43N3/c1-22(2,3)15-20(24(7,8)9)28(25(10,11)12)18-16-26-21-14-13-19(23(4,5)6)27(21)17-18/h13-14,16-17,20H,15H2,1-12H3. The highest BCUT2D eigenvalue weighted by Crippen LogP contribution is 2.40. The second-order valence-electron chi connectivity index (χ2n) is 12.7. The molecule has 0 saturated heterocycles. The van der Waals surface area contributed by atoms with Crippen LogP contribution in [0.2, 0.25) is 0 Å². The molecule has 0 aliphatic heterocycles. The van der Waals surface area contributed by atoms with Gasteiger partial charge in [0, 0.05) is 28.9 Å². The molecule has 0 aliphatic rings. The Kier molecular flexibility index (Phi) is 5.75. The van der Waals surface area contributed by atoms with Crippen molar-refractivity contribution in [2.24, 2.45) is 10.8 Å². The molecular weight excluding hydrogens is 342 g/mol. The Hall–Kier alpha value is -1.51. The first kappa shape index (κ1) is 22.8. The van der Waals surface area contributed by atoms with Crippen molar-refractivity contribution in [3.8, 4) is 0 Å². The van der Waals surface area contributed by atoms with Crippen molar-refractivity contribution >= 4 is 11.3 Å². The van der Waals surface area contributed by atoms with Gasteiger partial charge >= 0.3 is 0 Å². The molecule has 0 saturated carbocycles. The van der Waals surface area contributed by atoms with E-state index in [9.17, 15) is 0 Å². The SMILES string of the molecule is CC(C)(C)CC(N(c1cnc2ccc(C(C)(C)C)n2c1)C(C)(C)C)C(C)(C)C. The number of aromatic nitrogens is 2. The third-order valence-corrected chi connectivity index (χ3v) is 5.37. The van der Waals surface area contributed by atoms with Crippen LogP contribution in [0.1, 0.15) is 95.2 Å². The first-order chi connectivity index (χ1) is 12.4. The lowest BCUT2D eigenvalue weighted by atomic mass is 9.74. The van der Waals surface area contributed by atoms with Crippen molar-refractivity contribution in [2.45, 2.75) is 107 Å². The summed E-state index contributed by atoms with van der Waals surface area (Å²) in [5.41, 5.74) is 3.99. The van der Waals surface area contributed by atoms with E-state index in [4.69, 9.17) is 4.98 Å². The maximum atomic E-state index is 4.83. The normalized spacial score (nSPS) is 15.1. The van der Waals surface area contributed by atoms with Gasteiger partial charge in [0.1, 0.15) is 5.65 Å². The minimum absolute atomic E-state index is 0.00635. The van der Waals surface area contributed by atoms with E-state index in [1.165, 1.54) is 11.4 Å². The summed E-state index contributed by atoms with van der Waals surface area (Å²) in [4.78, 5) is 7.44. The number of hydrogen-bond donors (Lipinski definition) is 0. The molecule has 0 amide bonds. The summed E-state index contributed by atoms with van der Waals surface area (Å²) < 4.78 is 2.28. The molecule has 2 aromatic rings. The molecule has 0 aromatic carbocycles. The highest BCUT2D eigenvalue weighted by atomic mass is 15.2. The van der Waals surface area contributed by atoms with Crippen LogP contribution in [0.5, 0.6) is 0 Å². The van der Waals surface area contributed by atoms with Crippen molar-refractivity contribution in [3.63, 3.8) is 0 Å². The summed E-state index contributed by atoms with van der Waals surface area (Å²) in [6.07, 6.45) is 5.49. The lowest BCUT2D eigenvalue weighted by molar-refractivity contribution is 0.198. The van der Waals surface area contributed by atoms with E-state index >= 15 is 0 Å². The number of nitrogens with zero attached hydrogens (tertiary/aromatic N) is 3. The molecule has 0 aliphatic carbocycles. The van der Waals surface area contributed by atoms with E-state index in [1.54, 1.807) is 0 Å². The third-order valence-electron chi connectivity index (χ3n) is 5.37. The first-order valence-corrected chi connectivity index (χ1v) is 10.7. The van der Waals surface area contributed by atoms with Crippen molar-refractivity contribution < 1.29 is 0 Å². The quantitative estimate of drug-likeness (QED) is 0.562. The van der Waals surface area contributed by atoms with Gasteiger partial charge in [-0.25, -0.2) is 4.98 Å². The van der Waals surface area contributed by atoms with Gasteiger partial charge in [0.25, 0.3) is 0 Å². The van der Waals surface area contributed by atoms with E-state index in [0.29, 0.717) is 6.04 Å². The fourth-order valence-electron chi connectivity index (χ4n) is 4.11. The Morgan fingerprint density at radius 2 is 1.46 bits per heavy atom. The molecule has 28 heavy (non-hydrogen) atoms. The van der Waals surface area contributed by atoms with Gasteiger partial charge in [-0.15, -0.1) is 0 Å². The van der Waals surface area contributed by atoms with E-state index in [0.717, 1.165) is 12.1 Å². The Morgan fingerprint density at radius 3 is 1.89 bits per heavy atom. The molecule has 0 fully saturated rings. The van der Waals surface area contributed by atoms with Crippen LogP contribution in [0, 0.1) is 10.8 Å². The summed E-state index contributed by atoms with van der Waals surface area (Å²) in [7, 11) is 0. The summed E-state index contributed by atoms with van der Waals surface area (Å²) in [5.74, 6) is 0. The minimum atomic E-state index is -0.00635. The molecule has 2 aromatic heterocycles. The number of anilines is 1. The molecule has 0 radical (unpaired) electrons. The second kappa shape index (κ2) is 7.07. The molecule has 0 bridgehead atoms. The number of hydrogen-bond acceptors (Lipinski definition) is 2.